The summed E-state index contributed by atoms with van der Waals surface area (Å²) in [6, 6.07) is 5.74. The number of alkyl halides is 3. The van der Waals surface area contributed by atoms with Crippen molar-refractivity contribution in [1.82, 2.24) is 4.90 Å². The maximum Gasteiger partial charge on any atom is 0.416 e. The maximum absolute atomic E-state index is 12.7. The average Bonchev–Trinajstić information content (AvgIpc) is 2.37. The van der Waals surface area contributed by atoms with Crippen LogP contribution in [0.4, 0.5) is 18.9 Å². The van der Waals surface area contributed by atoms with Gasteiger partial charge >= 0.3 is 6.18 Å². The minimum absolute atomic E-state index is 0.305. The molecule has 0 radical (unpaired) electrons. The predicted molar refractivity (Wildman–Crippen MR) is 82.3 cm³/mol. The molecule has 1 aromatic carbocycles. The number of benzene rings is 1. The smallest absolute Gasteiger partial charge is 0.344 e. The zero-order valence-corrected chi connectivity index (χ0v) is 12.9. The Morgan fingerprint density at radius 1 is 1.24 bits per heavy atom. The van der Waals surface area contributed by atoms with Crippen molar-refractivity contribution in [1.29, 1.82) is 0 Å². The highest BCUT2D eigenvalue weighted by Gasteiger charge is 2.31. The Bertz CT molecular complexity index is 506. The zero-order chi connectivity index (χ0) is 15.6. The highest BCUT2D eigenvalue weighted by atomic mass is 32.1. The first-order valence-electron chi connectivity index (χ1n) is 7.05. The molecule has 1 aromatic rings. The molecule has 0 saturated carbocycles. The Hall–Kier alpha value is -1.30. The summed E-state index contributed by atoms with van der Waals surface area (Å²) in [5, 5.41) is 3.44. The van der Waals surface area contributed by atoms with Crippen molar-refractivity contribution in [2.45, 2.75) is 51.4 Å². The molecule has 1 N–H and O–H groups in total. The van der Waals surface area contributed by atoms with E-state index >= 15 is 0 Å². The van der Waals surface area contributed by atoms with E-state index in [1.54, 1.807) is 6.07 Å². The molecule has 6 heteroatoms. The summed E-state index contributed by atoms with van der Waals surface area (Å²) in [5.41, 5.74) is -0.296. The van der Waals surface area contributed by atoms with Gasteiger partial charge < -0.3 is 10.2 Å². The first-order valence-corrected chi connectivity index (χ1v) is 7.46. The number of nitrogens with zero attached hydrogens (tertiary/aromatic N) is 1. The molecule has 0 spiro atoms. The summed E-state index contributed by atoms with van der Waals surface area (Å²) < 4.78 is 38.1. The van der Waals surface area contributed by atoms with Crippen LogP contribution in [-0.2, 0) is 6.18 Å². The van der Waals surface area contributed by atoms with Crippen molar-refractivity contribution in [3.63, 3.8) is 0 Å². The van der Waals surface area contributed by atoms with Crippen LogP contribution in [0, 0.1) is 0 Å². The SMILES string of the molecule is CC1CCCC(C)N1C(=S)Nc1cccc(C(F)(F)F)c1. The van der Waals surface area contributed by atoms with Crippen molar-refractivity contribution in [3.05, 3.63) is 29.8 Å². The molecule has 2 atom stereocenters. The molecule has 1 aliphatic rings. The number of nitrogens with one attached hydrogen (secondary N) is 1. The molecule has 0 aromatic heterocycles. The molecule has 0 amide bonds. The summed E-state index contributed by atoms with van der Waals surface area (Å²) >= 11 is 5.38. The minimum atomic E-state index is -4.34. The third-order valence-electron chi connectivity index (χ3n) is 3.87. The molecule has 1 heterocycles. The monoisotopic (exact) mass is 316 g/mol. The van der Waals surface area contributed by atoms with Gasteiger partial charge in [0.05, 0.1) is 5.56 Å². The van der Waals surface area contributed by atoms with Gasteiger partial charge in [0.15, 0.2) is 5.11 Å². The lowest BCUT2D eigenvalue weighted by atomic mass is 9.98. The van der Waals surface area contributed by atoms with E-state index in [9.17, 15) is 13.2 Å². The van der Waals surface area contributed by atoms with E-state index in [1.807, 2.05) is 0 Å². The van der Waals surface area contributed by atoms with Gasteiger partial charge in [-0.05, 0) is 63.5 Å². The second-order valence-electron chi connectivity index (χ2n) is 5.54. The highest BCUT2D eigenvalue weighted by Crippen LogP contribution is 2.31. The van der Waals surface area contributed by atoms with Crippen LogP contribution in [0.5, 0.6) is 0 Å². The van der Waals surface area contributed by atoms with E-state index in [4.69, 9.17) is 12.2 Å². The predicted octanol–water partition coefficient (Wildman–Crippen LogP) is 4.67. The molecule has 2 unspecified atom stereocenters. The highest BCUT2D eigenvalue weighted by molar-refractivity contribution is 7.80. The molecule has 21 heavy (non-hydrogen) atoms. The Morgan fingerprint density at radius 3 is 2.43 bits per heavy atom. The fourth-order valence-electron chi connectivity index (χ4n) is 2.78. The number of likely N-dealkylation sites (tertiary alicyclic amines) is 1. The van der Waals surface area contributed by atoms with Crippen LogP contribution in [0.3, 0.4) is 0 Å². The third-order valence-corrected chi connectivity index (χ3v) is 4.18. The first kappa shape index (κ1) is 16.1. The third kappa shape index (κ3) is 3.87. The van der Waals surface area contributed by atoms with Gasteiger partial charge in [-0.2, -0.15) is 13.2 Å². The van der Waals surface area contributed by atoms with Crippen LogP contribution < -0.4 is 5.32 Å². The first-order chi connectivity index (χ1) is 9.79. The molecule has 1 fully saturated rings. The Kier molecular flexibility index (Phi) is 4.76. The van der Waals surface area contributed by atoms with E-state index in [1.165, 1.54) is 6.07 Å². The Labute approximate surface area is 128 Å². The molecule has 116 valence electrons. The number of rotatable bonds is 1. The van der Waals surface area contributed by atoms with Crippen molar-refractivity contribution >= 4 is 23.0 Å². The second-order valence-corrected chi connectivity index (χ2v) is 5.93. The summed E-state index contributed by atoms with van der Waals surface area (Å²) in [6.45, 7) is 4.19. The summed E-state index contributed by atoms with van der Waals surface area (Å²) in [6.07, 6.45) is -1.08. The summed E-state index contributed by atoms with van der Waals surface area (Å²) in [7, 11) is 0. The lowest BCUT2D eigenvalue weighted by Gasteiger charge is -2.40. The zero-order valence-electron chi connectivity index (χ0n) is 12.1. The minimum Gasteiger partial charge on any atom is -0.344 e. The van der Waals surface area contributed by atoms with Crippen molar-refractivity contribution < 1.29 is 13.2 Å². The van der Waals surface area contributed by atoms with Gasteiger partial charge in [-0.25, -0.2) is 0 Å². The summed E-state index contributed by atoms with van der Waals surface area (Å²) in [4.78, 5) is 2.08. The molecular formula is C15H19F3N2S. The molecule has 2 nitrogen and oxygen atoms in total. The number of piperidine rings is 1. The van der Waals surface area contributed by atoms with E-state index in [2.05, 4.69) is 24.1 Å². The fourth-order valence-corrected chi connectivity index (χ4v) is 3.26. The van der Waals surface area contributed by atoms with E-state index < -0.39 is 11.7 Å². The van der Waals surface area contributed by atoms with Crippen LogP contribution in [0.25, 0.3) is 0 Å². The van der Waals surface area contributed by atoms with Crippen LogP contribution in [-0.4, -0.2) is 22.1 Å². The van der Waals surface area contributed by atoms with Gasteiger partial charge in [0.25, 0.3) is 0 Å². The summed E-state index contributed by atoms with van der Waals surface area (Å²) in [5.74, 6) is 0. The van der Waals surface area contributed by atoms with Crippen molar-refractivity contribution in [2.75, 3.05) is 5.32 Å². The quantitative estimate of drug-likeness (QED) is 0.758. The molecule has 2 rings (SSSR count). The standard InChI is InChI=1S/C15H19F3N2S/c1-10-5-3-6-11(2)20(10)14(21)19-13-8-4-7-12(9-13)15(16,17)18/h4,7-11H,3,5-6H2,1-2H3,(H,19,21). The Balaban J connectivity index is 2.12. The van der Waals surface area contributed by atoms with Gasteiger partial charge in [0, 0.05) is 17.8 Å². The van der Waals surface area contributed by atoms with Crippen LogP contribution in [0.2, 0.25) is 0 Å². The number of hydrogen-bond acceptors (Lipinski definition) is 1. The van der Waals surface area contributed by atoms with Gasteiger partial charge in [-0.3, -0.25) is 0 Å². The lowest BCUT2D eigenvalue weighted by Crippen LogP contribution is -2.49. The molecule has 0 aliphatic carbocycles. The normalized spacial score (nSPS) is 23.0. The fraction of sp³-hybridized carbons (Fsp3) is 0.533. The van der Waals surface area contributed by atoms with E-state index in [0.29, 0.717) is 22.9 Å². The average molecular weight is 316 g/mol. The topological polar surface area (TPSA) is 15.3 Å². The van der Waals surface area contributed by atoms with E-state index in [0.717, 1.165) is 31.4 Å². The number of thiocarbonyl (C=S) groups is 1. The van der Waals surface area contributed by atoms with Crippen molar-refractivity contribution in [3.8, 4) is 0 Å². The second kappa shape index (κ2) is 6.22. The van der Waals surface area contributed by atoms with Crippen LogP contribution in [0.15, 0.2) is 24.3 Å². The van der Waals surface area contributed by atoms with Crippen molar-refractivity contribution in [2.24, 2.45) is 0 Å². The van der Waals surface area contributed by atoms with Gasteiger partial charge in [-0.1, -0.05) is 6.07 Å². The van der Waals surface area contributed by atoms with Gasteiger partial charge in [0.2, 0.25) is 0 Å². The van der Waals surface area contributed by atoms with Gasteiger partial charge in [-0.15, -0.1) is 0 Å². The number of anilines is 1. The lowest BCUT2D eigenvalue weighted by molar-refractivity contribution is -0.137. The number of hydrogen-bond donors (Lipinski definition) is 1. The van der Waals surface area contributed by atoms with Crippen LogP contribution >= 0.6 is 12.2 Å². The van der Waals surface area contributed by atoms with E-state index in [-0.39, 0.29) is 0 Å². The Morgan fingerprint density at radius 2 is 1.86 bits per heavy atom. The molecule has 1 aliphatic heterocycles. The maximum atomic E-state index is 12.7. The van der Waals surface area contributed by atoms with Crippen LogP contribution in [0.1, 0.15) is 38.7 Å². The van der Waals surface area contributed by atoms with Gasteiger partial charge in [0.1, 0.15) is 0 Å². The molecule has 0 bridgehead atoms. The largest absolute Gasteiger partial charge is 0.416 e. The number of halogens is 3. The molecule has 1 saturated heterocycles. The molecular weight excluding hydrogens is 297 g/mol.